The molecule has 1 aromatic rings. The van der Waals surface area contributed by atoms with Crippen molar-refractivity contribution >= 4 is 11.8 Å². The molecule has 0 radical (unpaired) electrons. The third-order valence-electron chi connectivity index (χ3n) is 3.85. The summed E-state index contributed by atoms with van der Waals surface area (Å²) in [6.07, 6.45) is 4.93. The minimum atomic E-state index is -2.48. The zero-order valence-electron chi connectivity index (χ0n) is 11.1. The van der Waals surface area contributed by atoms with E-state index in [1.807, 2.05) is 18.2 Å². The van der Waals surface area contributed by atoms with Crippen molar-refractivity contribution < 1.29 is 18.3 Å². The summed E-state index contributed by atoms with van der Waals surface area (Å²) < 4.78 is 36.7. The molecule has 1 aliphatic heterocycles. The van der Waals surface area contributed by atoms with Crippen LogP contribution in [0.1, 0.15) is 31.2 Å². The molecule has 1 heterocycles. The van der Waals surface area contributed by atoms with Crippen LogP contribution in [0.15, 0.2) is 18.2 Å². The summed E-state index contributed by atoms with van der Waals surface area (Å²) in [5.74, 6) is -1.05. The first-order valence-electron chi connectivity index (χ1n) is 6.79. The quantitative estimate of drug-likeness (QED) is 0.838. The lowest BCUT2D eigenvalue weighted by atomic mass is 9.86. The molecule has 5 heteroatoms. The number of hydrogen-bond donors (Lipinski definition) is 1. The molecule has 0 aromatic heterocycles. The summed E-state index contributed by atoms with van der Waals surface area (Å²) in [5, 5.41) is 0. The Kier molecular flexibility index (Phi) is 3.28. The number of benzene rings is 1. The van der Waals surface area contributed by atoms with Gasteiger partial charge in [-0.3, -0.25) is 0 Å². The van der Waals surface area contributed by atoms with Gasteiger partial charge < -0.3 is 15.2 Å². The number of fused-ring (bicyclic) bond motifs is 1. The number of allylic oxidation sites excluding steroid dienone is 1. The van der Waals surface area contributed by atoms with Gasteiger partial charge in [-0.05, 0) is 36.5 Å². The van der Waals surface area contributed by atoms with Crippen LogP contribution in [0.2, 0.25) is 0 Å². The van der Waals surface area contributed by atoms with Crippen LogP contribution in [0.25, 0.3) is 6.08 Å². The van der Waals surface area contributed by atoms with Gasteiger partial charge in [0.1, 0.15) is 0 Å². The second-order valence-corrected chi connectivity index (χ2v) is 5.40. The van der Waals surface area contributed by atoms with Crippen LogP contribution in [0.3, 0.4) is 0 Å². The van der Waals surface area contributed by atoms with Gasteiger partial charge in [0.05, 0.1) is 5.69 Å². The first kappa shape index (κ1) is 13.2. The first-order chi connectivity index (χ1) is 9.53. The predicted molar refractivity (Wildman–Crippen MR) is 72.9 cm³/mol. The highest BCUT2D eigenvalue weighted by molar-refractivity contribution is 5.68. The zero-order chi connectivity index (χ0) is 14.2. The average Bonchev–Trinajstić information content (AvgIpc) is 2.86. The number of nitrogens with two attached hydrogens (primary N) is 1. The number of halogens is 2. The first-order valence-corrected chi connectivity index (χ1v) is 6.79. The van der Waals surface area contributed by atoms with Crippen molar-refractivity contribution in [2.75, 3.05) is 12.5 Å². The van der Waals surface area contributed by atoms with Gasteiger partial charge in [-0.15, -0.1) is 0 Å². The van der Waals surface area contributed by atoms with Crippen LogP contribution >= 0.6 is 0 Å². The lowest BCUT2D eigenvalue weighted by Crippen LogP contribution is -2.23. The van der Waals surface area contributed by atoms with Crippen molar-refractivity contribution in [3.63, 3.8) is 0 Å². The van der Waals surface area contributed by atoms with Crippen LogP contribution in [-0.4, -0.2) is 12.7 Å². The number of ether oxygens (including phenoxy) is 2. The smallest absolute Gasteiger partial charge is 0.248 e. The monoisotopic (exact) mass is 281 g/mol. The highest BCUT2D eigenvalue weighted by Gasteiger charge is 2.33. The number of anilines is 1. The predicted octanol–water partition coefficient (Wildman–Crippen LogP) is 3.84. The normalized spacial score (nSPS) is 21.5. The van der Waals surface area contributed by atoms with Crippen molar-refractivity contribution in [1.29, 1.82) is 0 Å². The summed E-state index contributed by atoms with van der Waals surface area (Å²) in [6.45, 7) is 0.185. The van der Waals surface area contributed by atoms with E-state index < -0.39 is 5.92 Å². The molecule has 1 fully saturated rings. The SMILES string of the molecule is Nc1cc(/C=C/C2CCC(F)(F)CC2)cc2c1OCO2. The van der Waals surface area contributed by atoms with E-state index in [1.54, 1.807) is 6.07 Å². The summed E-state index contributed by atoms with van der Waals surface area (Å²) in [4.78, 5) is 0. The fourth-order valence-electron chi connectivity index (χ4n) is 2.66. The van der Waals surface area contributed by atoms with E-state index in [0.29, 0.717) is 30.0 Å². The van der Waals surface area contributed by atoms with Gasteiger partial charge in [-0.2, -0.15) is 0 Å². The van der Waals surface area contributed by atoms with Crippen LogP contribution < -0.4 is 15.2 Å². The summed E-state index contributed by atoms with van der Waals surface area (Å²) in [7, 11) is 0. The Morgan fingerprint density at radius 2 is 1.95 bits per heavy atom. The van der Waals surface area contributed by atoms with Gasteiger partial charge in [0.15, 0.2) is 11.5 Å². The highest BCUT2D eigenvalue weighted by atomic mass is 19.3. The molecule has 1 aromatic carbocycles. The molecule has 0 unspecified atom stereocenters. The minimum absolute atomic E-state index is 0.0225. The molecule has 0 amide bonds. The molecule has 0 atom stereocenters. The molecule has 1 saturated carbocycles. The van der Waals surface area contributed by atoms with Gasteiger partial charge in [-0.25, -0.2) is 8.78 Å². The van der Waals surface area contributed by atoms with Crippen LogP contribution in [0, 0.1) is 5.92 Å². The Labute approximate surface area is 116 Å². The second kappa shape index (κ2) is 4.96. The molecule has 0 bridgehead atoms. The molecule has 20 heavy (non-hydrogen) atoms. The van der Waals surface area contributed by atoms with Crippen molar-refractivity contribution in [1.82, 2.24) is 0 Å². The standard InChI is InChI=1S/C15H17F2NO2/c16-15(17)5-3-10(4-6-15)1-2-11-7-12(18)14-13(8-11)19-9-20-14/h1-2,7-8,10H,3-6,9,18H2/b2-1+. The molecule has 0 spiro atoms. The van der Waals surface area contributed by atoms with E-state index >= 15 is 0 Å². The molecule has 108 valence electrons. The molecular formula is C15H17F2NO2. The number of alkyl halides is 2. The average molecular weight is 281 g/mol. The maximum absolute atomic E-state index is 13.1. The Morgan fingerprint density at radius 1 is 1.20 bits per heavy atom. The lowest BCUT2D eigenvalue weighted by molar-refractivity contribution is -0.0410. The van der Waals surface area contributed by atoms with Gasteiger partial charge in [-0.1, -0.05) is 12.2 Å². The van der Waals surface area contributed by atoms with Gasteiger partial charge in [0, 0.05) is 12.8 Å². The van der Waals surface area contributed by atoms with Gasteiger partial charge >= 0.3 is 0 Å². The summed E-state index contributed by atoms with van der Waals surface area (Å²) >= 11 is 0. The van der Waals surface area contributed by atoms with E-state index in [2.05, 4.69) is 0 Å². The Bertz CT molecular complexity index is 533. The Hall–Kier alpha value is -1.78. The van der Waals surface area contributed by atoms with Gasteiger partial charge in [0.25, 0.3) is 0 Å². The zero-order valence-corrected chi connectivity index (χ0v) is 11.1. The second-order valence-electron chi connectivity index (χ2n) is 5.40. The van der Waals surface area contributed by atoms with Gasteiger partial charge in [0.2, 0.25) is 12.7 Å². The molecule has 1 aliphatic carbocycles. The van der Waals surface area contributed by atoms with Crippen molar-refractivity contribution in [3.05, 3.63) is 23.8 Å². The van der Waals surface area contributed by atoms with E-state index in [9.17, 15) is 8.78 Å². The van der Waals surface area contributed by atoms with Crippen LogP contribution in [-0.2, 0) is 0 Å². The third-order valence-corrected chi connectivity index (χ3v) is 3.85. The maximum Gasteiger partial charge on any atom is 0.248 e. The van der Waals surface area contributed by atoms with Crippen molar-refractivity contribution in [3.8, 4) is 11.5 Å². The van der Waals surface area contributed by atoms with E-state index in [-0.39, 0.29) is 25.6 Å². The molecular weight excluding hydrogens is 264 g/mol. The molecule has 3 nitrogen and oxygen atoms in total. The highest BCUT2D eigenvalue weighted by Crippen LogP contribution is 2.40. The van der Waals surface area contributed by atoms with E-state index in [4.69, 9.17) is 15.2 Å². The fourth-order valence-corrected chi connectivity index (χ4v) is 2.66. The fraction of sp³-hybridized carbons (Fsp3) is 0.467. The molecule has 2 N–H and O–H groups in total. The Balaban J connectivity index is 1.69. The third kappa shape index (κ3) is 2.71. The molecule has 2 aliphatic rings. The maximum atomic E-state index is 13.1. The van der Waals surface area contributed by atoms with E-state index in [1.165, 1.54) is 0 Å². The minimum Gasteiger partial charge on any atom is -0.453 e. The number of rotatable bonds is 2. The number of nitrogen functional groups attached to an aromatic ring is 1. The molecule has 0 saturated heterocycles. The van der Waals surface area contributed by atoms with Crippen molar-refractivity contribution in [2.24, 2.45) is 5.92 Å². The van der Waals surface area contributed by atoms with E-state index in [0.717, 1.165) is 5.56 Å². The topological polar surface area (TPSA) is 44.5 Å². The summed E-state index contributed by atoms with van der Waals surface area (Å²) in [5.41, 5.74) is 7.32. The summed E-state index contributed by atoms with van der Waals surface area (Å²) in [6, 6.07) is 3.66. The van der Waals surface area contributed by atoms with Crippen molar-refractivity contribution in [2.45, 2.75) is 31.6 Å². The molecule has 3 rings (SSSR count). The number of hydrogen-bond acceptors (Lipinski definition) is 3. The Morgan fingerprint density at radius 3 is 2.70 bits per heavy atom. The van der Waals surface area contributed by atoms with Crippen LogP contribution in [0.5, 0.6) is 11.5 Å². The van der Waals surface area contributed by atoms with Crippen LogP contribution in [0.4, 0.5) is 14.5 Å². The largest absolute Gasteiger partial charge is 0.453 e. The lowest BCUT2D eigenvalue weighted by Gasteiger charge is -2.26.